The van der Waals surface area contributed by atoms with E-state index in [0.717, 1.165) is 38.5 Å². The van der Waals surface area contributed by atoms with Gasteiger partial charge in [-0.2, -0.15) is 0 Å². The van der Waals surface area contributed by atoms with Crippen molar-refractivity contribution in [2.75, 3.05) is 59.7 Å². The standard InChI is InChI=1S/C29H44FN3O5/c1-20-23(10-7-11-26(20)30)27-24(28(36)32-12-5-3-8-21(32)18-34)16-31(14-15-38-2)17-25(27)29(37)33-13-6-4-9-22(33)19-35/h7,10-11,21-22,24-25,27,34-35H,3-6,8-9,12-19H2,1-2H3/t21?,22?,24-,25+,27?. The number of aliphatic hydroxyl groups excluding tert-OH is 2. The molecule has 1 aromatic carbocycles. The van der Waals surface area contributed by atoms with Crippen LogP contribution >= 0.6 is 0 Å². The van der Waals surface area contributed by atoms with Gasteiger partial charge in [0, 0.05) is 45.8 Å². The summed E-state index contributed by atoms with van der Waals surface area (Å²) in [4.78, 5) is 34.3. The summed E-state index contributed by atoms with van der Waals surface area (Å²) in [5.74, 6) is -2.14. The number of amides is 2. The van der Waals surface area contributed by atoms with Gasteiger partial charge in [0.15, 0.2) is 0 Å². The Morgan fingerprint density at radius 3 is 2.00 bits per heavy atom. The van der Waals surface area contributed by atoms with Crippen LogP contribution in [0.25, 0.3) is 0 Å². The summed E-state index contributed by atoms with van der Waals surface area (Å²) in [6.07, 6.45) is 5.18. The van der Waals surface area contributed by atoms with Gasteiger partial charge in [0.25, 0.3) is 0 Å². The molecule has 212 valence electrons. The number of ether oxygens (including phenoxy) is 1. The summed E-state index contributed by atoms with van der Waals surface area (Å²) in [7, 11) is 1.63. The van der Waals surface area contributed by atoms with Crippen LogP contribution in [-0.2, 0) is 14.3 Å². The number of piperidine rings is 3. The molecule has 3 saturated heterocycles. The molecule has 5 atom stereocenters. The second-order valence-corrected chi connectivity index (χ2v) is 11.2. The monoisotopic (exact) mass is 533 g/mol. The van der Waals surface area contributed by atoms with E-state index in [0.29, 0.717) is 50.5 Å². The summed E-state index contributed by atoms with van der Waals surface area (Å²) in [5.41, 5.74) is 1.16. The average Bonchev–Trinajstić information content (AvgIpc) is 2.96. The quantitative estimate of drug-likeness (QED) is 0.532. The molecule has 2 N–H and O–H groups in total. The number of halogens is 1. The molecule has 8 nitrogen and oxygen atoms in total. The third-order valence-electron chi connectivity index (χ3n) is 8.93. The van der Waals surface area contributed by atoms with Crippen molar-refractivity contribution < 1.29 is 28.9 Å². The number of methoxy groups -OCH3 is 1. The van der Waals surface area contributed by atoms with Crippen molar-refractivity contribution in [3.05, 3.63) is 35.1 Å². The van der Waals surface area contributed by atoms with E-state index in [1.54, 1.807) is 29.9 Å². The molecule has 3 aliphatic heterocycles. The lowest BCUT2D eigenvalue weighted by atomic mass is 9.70. The fourth-order valence-corrected chi connectivity index (χ4v) is 6.81. The van der Waals surface area contributed by atoms with Gasteiger partial charge >= 0.3 is 0 Å². The minimum absolute atomic E-state index is 0.0744. The average molecular weight is 534 g/mol. The molecule has 38 heavy (non-hydrogen) atoms. The highest BCUT2D eigenvalue weighted by Crippen LogP contribution is 2.42. The van der Waals surface area contributed by atoms with E-state index in [9.17, 15) is 24.2 Å². The van der Waals surface area contributed by atoms with Crippen LogP contribution in [0.1, 0.15) is 55.6 Å². The molecule has 3 unspecified atom stereocenters. The number of benzene rings is 1. The fourth-order valence-electron chi connectivity index (χ4n) is 6.81. The summed E-state index contributed by atoms with van der Waals surface area (Å²) in [6.45, 7) is 4.60. The van der Waals surface area contributed by atoms with Crippen molar-refractivity contribution in [3.8, 4) is 0 Å². The highest BCUT2D eigenvalue weighted by molar-refractivity contribution is 5.85. The Bertz CT molecular complexity index is 916. The van der Waals surface area contributed by atoms with Gasteiger partial charge in [0.05, 0.1) is 43.7 Å². The molecule has 0 aliphatic carbocycles. The zero-order chi connectivity index (χ0) is 27.2. The summed E-state index contributed by atoms with van der Waals surface area (Å²) < 4.78 is 20.2. The van der Waals surface area contributed by atoms with Crippen LogP contribution in [0.3, 0.4) is 0 Å². The van der Waals surface area contributed by atoms with Gasteiger partial charge in [0.1, 0.15) is 5.82 Å². The van der Waals surface area contributed by atoms with Gasteiger partial charge < -0.3 is 24.7 Å². The summed E-state index contributed by atoms with van der Waals surface area (Å²) in [6, 6.07) is 4.45. The Labute approximate surface area is 225 Å². The Morgan fingerprint density at radius 2 is 1.50 bits per heavy atom. The normalized spacial score (nSPS) is 28.9. The van der Waals surface area contributed by atoms with Crippen LogP contribution in [-0.4, -0.2) is 108 Å². The molecule has 3 heterocycles. The molecule has 2 amide bonds. The topological polar surface area (TPSA) is 93.6 Å². The van der Waals surface area contributed by atoms with Gasteiger partial charge in [-0.25, -0.2) is 4.39 Å². The highest BCUT2D eigenvalue weighted by Gasteiger charge is 2.48. The van der Waals surface area contributed by atoms with E-state index < -0.39 is 17.8 Å². The van der Waals surface area contributed by atoms with Crippen molar-refractivity contribution in [2.45, 2.75) is 63.5 Å². The largest absolute Gasteiger partial charge is 0.394 e. The molecule has 3 aliphatic rings. The number of carbonyl (C=O) groups excluding carboxylic acids is 2. The molecular weight excluding hydrogens is 489 g/mol. The van der Waals surface area contributed by atoms with Crippen LogP contribution in [0, 0.1) is 24.6 Å². The van der Waals surface area contributed by atoms with E-state index in [1.165, 1.54) is 6.07 Å². The Hall–Kier alpha value is -2.07. The first-order valence-electron chi connectivity index (χ1n) is 14.2. The molecule has 0 saturated carbocycles. The van der Waals surface area contributed by atoms with Crippen molar-refractivity contribution in [1.29, 1.82) is 0 Å². The predicted octanol–water partition coefficient (Wildman–Crippen LogP) is 2.16. The van der Waals surface area contributed by atoms with Crippen LogP contribution in [0.5, 0.6) is 0 Å². The predicted molar refractivity (Wildman–Crippen MR) is 142 cm³/mol. The smallest absolute Gasteiger partial charge is 0.227 e. The molecular formula is C29H44FN3O5. The lowest BCUT2D eigenvalue weighted by Gasteiger charge is -2.48. The second kappa shape index (κ2) is 13.3. The van der Waals surface area contributed by atoms with Crippen LogP contribution in [0.4, 0.5) is 4.39 Å². The van der Waals surface area contributed by atoms with Crippen molar-refractivity contribution >= 4 is 11.8 Å². The maximum atomic E-state index is 14.9. The van der Waals surface area contributed by atoms with Gasteiger partial charge in [0.2, 0.25) is 11.8 Å². The zero-order valence-electron chi connectivity index (χ0n) is 22.9. The first-order chi connectivity index (χ1) is 18.4. The molecule has 9 heteroatoms. The van der Waals surface area contributed by atoms with Crippen molar-refractivity contribution in [3.63, 3.8) is 0 Å². The van der Waals surface area contributed by atoms with Gasteiger partial charge in [-0.1, -0.05) is 12.1 Å². The van der Waals surface area contributed by atoms with Crippen LogP contribution in [0.15, 0.2) is 18.2 Å². The number of carbonyl (C=O) groups is 2. The highest BCUT2D eigenvalue weighted by atomic mass is 19.1. The lowest BCUT2D eigenvalue weighted by molar-refractivity contribution is -0.150. The zero-order valence-corrected chi connectivity index (χ0v) is 22.9. The Balaban J connectivity index is 1.78. The fraction of sp³-hybridized carbons (Fsp3) is 0.724. The minimum Gasteiger partial charge on any atom is -0.394 e. The van der Waals surface area contributed by atoms with E-state index in [1.807, 2.05) is 6.07 Å². The molecule has 0 radical (unpaired) electrons. The summed E-state index contributed by atoms with van der Waals surface area (Å²) in [5, 5.41) is 20.1. The molecule has 4 rings (SSSR count). The second-order valence-electron chi connectivity index (χ2n) is 11.2. The number of aliphatic hydroxyl groups is 2. The molecule has 0 bridgehead atoms. The molecule has 0 aromatic heterocycles. The first-order valence-corrected chi connectivity index (χ1v) is 14.2. The Morgan fingerprint density at radius 1 is 0.947 bits per heavy atom. The third kappa shape index (κ3) is 6.06. The SMILES string of the molecule is COCCN1C[C@H](C(=O)N2CCCCC2CO)C(c2cccc(F)c2C)[C@H](C(=O)N2CCCCC2CO)C1. The lowest BCUT2D eigenvalue weighted by Crippen LogP contribution is -2.59. The maximum Gasteiger partial charge on any atom is 0.227 e. The number of hydrogen-bond donors (Lipinski definition) is 2. The van der Waals surface area contributed by atoms with E-state index in [2.05, 4.69) is 4.90 Å². The van der Waals surface area contributed by atoms with Gasteiger partial charge in [-0.05, 0) is 62.6 Å². The number of likely N-dealkylation sites (tertiary alicyclic amines) is 3. The van der Waals surface area contributed by atoms with Crippen LogP contribution in [0.2, 0.25) is 0 Å². The van der Waals surface area contributed by atoms with E-state index in [-0.39, 0.29) is 42.9 Å². The third-order valence-corrected chi connectivity index (χ3v) is 8.93. The van der Waals surface area contributed by atoms with E-state index in [4.69, 9.17) is 4.74 Å². The van der Waals surface area contributed by atoms with Crippen molar-refractivity contribution in [2.24, 2.45) is 11.8 Å². The van der Waals surface area contributed by atoms with Gasteiger partial charge in [-0.15, -0.1) is 0 Å². The van der Waals surface area contributed by atoms with Crippen molar-refractivity contribution in [1.82, 2.24) is 14.7 Å². The Kier molecular flexibility index (Phi) is 10.1. The molecule has 0 spiro atoms. The molecule has 1 aromatic rings. The van der Waals surface area contributed by atoms with E-state index >= 15 is 0 Å². The number of rotatable bonds is 8. The number of hydrogen-bond acceptors (Lipinski definition) is 6. The number of nitrogens with zero attached hydrogens (tertiary/aromatic N) is 3. The van der Waals surface area contributed by atoms with Crippen LogP contribution < -0.4 is 0 Å². The van der Waals surface area contributed by atoms with Gasteiger partial charge in [-0.3, -0.25) is 14.5 Å². The summed E-state index contributed by atoms with van der Waals surface area (Å²) >= 11 is 0. The minimum atomic E-state index is -0.570. The molecule has 3 fully saturated rings. The first kappa shape index (κ1) is 28.9. The maximum absolute atomic E-state index is 14.9.